The molecule has 0 spiro atoms. The molecule has 6 nitrogen and oxygen atoms in total. The molecule has 1 unspecified atom stereocenters. The van der Waals surface area contributed by atoms with Crippen molar-refractivity contribution in [2.24, 2.45) is 0 Å². The third kappa shape index (κ3) is 62.5. The maximum Gasteiger partial charge on any atom is 0.306 e. The number of ether oxygens (including phenoxy) is 3. The molecule has 0 rings (SSSR count). The van der Waals surface area contributed by atoms with Crippen LogP contribution in [-0.4, -0.2) is 37.2 Å². The summed E-state index contributed by atoms with van der Waals surface area (Å²) in [6.45, 7) is 6.38. The summed E-state index contributed by atoms with van der Waals surface area (Å²) in [7, 11) is 0. The molecule has 1 atom stereocenters. The van der Waals surface area contributed by atoms with Crippen molar-refractivity contribution in [3.05, 3.63) is 122 Å². The zero-order valence-electron chi connectivity index (χ0n) is 50.2. The average Bonchev–Trinajstić information content (AvgIpc) is 3.43. The lowest BCUT2D eigenvalue weighted by molar-refractivity contribution is -0.167. The molecule has 0 aromatic rings. The third-order valence-electron chi connectivity index (χ3n) is 13.4. The molecule has 0 amide bonds. The van der Waals surface area contributed by atoms with E-state index < -0.39 is 6.10 Å². The first-order chi connectivity index (χ1) is 38.0. The topological polar surface area (TPSA) is 78.9 Å². The van der Waals surface area contributed by atoms with Crippen LogP contribution in [0.1, 0.15) is 290 Å². The predicted octanol–water partition coefficient (Wildman–Crippen LogP) is 22.0. The van der Waals surface area contributed by atoms with E-state index in [1.807, 2.05) is 0 Å². The Labute approximate surface area is 475 Å². The predicted molar refractivity (Wildman–Crippen MR) is 334 cm³/mol. The van der Waals surface area contributed by atoms with Crippen LogP contribution in [0.5, 0.6) is 0 Å². The molecular formula is C71H118O6. The second-order valence-corrected chi connectivity index (χ2v) is 20.9. The van der Waals surface area contributed by atoms with Gasteiger partial charge in [0.15, 0.2) is 6.10 Å². The first kappa shape index (κ1) is 72.8. The van der Waals surface area contributed by atoms with E-state index in [1.165, 1.54) is 135 Å². The fourth-order valence-corrected chi connectivity index (χ4v) is 8.70. The average molecular weight is 1070 g/mol. The van der Waals surface area contributed by atoms with Crippen LogP contribution in [-0.2, 0) is 28.6 Å². The first-order valence-electron chi connectivity index (χ1n) is 32.0. The minimum Gasteiger partial charge on any atom is -0.462 e. The summed E-state index contributed by atoms with van der Waals surface area (Å²) in [4.78, 5) is 38.3. The van der Waals surface area contributed by atoms with Crippen molar-refractivity contribution in [2.75, 3.05) is 13.2 Å². The summed E-state index contributed by atoms with van der Waals surface area (Å²) < 4.78 is 16.9. The van der Waals surface area contributed by atoms with E-state index in [0.717, 1.165) is 109 Å². The van der Waals surface area contributed by atoms with Crippen molar-refractivity contribution < 1.29 is 28.6 Å². The molecule has 0 radical (unpaired) electrons. The van der Waals surface area contributed by atoms with Crippen LogP contribution in [0.25, 0.3) is 0 Å². The Morgan fingerprint density at radius 3 is 0.857 bits per heavy atom. The molecule has 0 aromatic carbocycles. The third-order valence-corrected chi connectivity index (χ3v) is 13.4. The molecule has 0 saturated heterocycles. The van der Waals surface area contributed by atoms with E-state index in [9.17, 15) is 14.4 Å². The number of allylic oxidation sites excluding steroid dienone is 20. The van der Waals surface area contributed by atoms with Crippen molar-refractivity contribution in [1.82, 2.24) is 0 Å². The van der Waals surface area contributed by atoms with Gasteiger partial charge in [0.25, 0.3) is 0 Å². The summed E-state index contributed by atoms with van der Waals surface area (Å²) in [6.07, 6.45) is 89.2. The molecule has 0 heterocycles. The molecule has 0 aliphatic carbocycles. The molecule has 0 fully saturated rings. The molecule has 0 bridgehead atoms. The van der Waals surface area contributed by atoms with Gasteiger partial charge in [-0.1, -0.05) is 271 Å². The molecular weight excluding hydrogens is 949 g/mol. The molecule has 0 aromatic heterocycles. The molecule has 77 heavy (non-hydrogen) atoms. The van der Waals surface area contributed by atoms with Crippen LogP contribution in [0.3, 0.4) is 0 Å². The second kappa shape index (κ2) is 64.3. The monoisotopic (exact) mass is 1070 g/mol. The van der Waals surface area contributed by atoms with E-state index >= 15 is 0 Å². The smallest absolute Gasteiger partial charge is 0.306 e. The summed E-state index contributed by atoms with van der Waals surface area (Å²) in [5.74, 6) is -0.967. The van der Waals surface area contributed by atoms with Gasteiger partial charge in [-0.3, -0.25) is 14.4 Å². The number of carbonyl (C=O) groups is 3. The van der Waals surface area contributed by atoms with Gasteiger partial charge in [-0.2, -0.15) is 0 Å². The second-order valence-electron chi connectivity index (χ2n) is 20.9. The molecule has 0 N–H and O–H groups in total. The maximum absolute atomic E-state index is 12.9. The van der Waals surface area contributed by atoms with Crippen molar-refractivity contribution in [3.63, 3.8) is 0 Å². The number of hydrogen-bond donors (Lipinski definition) is 0. The van der Waals surface area contributed by atoms with Crippen molar-refractivity contribution in [2.45, 2.75) is 297 Å². The largest absolute Gasteiger partial charge is 0.462 e. The van der Waals surface area contributed by atoms with Gasteiger partial charge in [0.2, 0.25) is 0 Å². The number of esters is 3. The number of rotatable bonds is 57. The molecule has 6 heteroatoms. The van der Waals surface area contributed by atoms with Gasteiger partial charge < -0.3 is 14.2 Å². The van der Waals surface area contributed by atoms with Gasteiger partial charge in [0.1, 0.15) is 13.2 Å². The normalized spacial score (nSPS) is 12.9. The van der Waals surface area contributed by atoms with Crippen molar-refractivity contribution in [3.8, 4) is 0 Å². The number of hydrogen-bond acceptors (Lipinski definition) is 6. The Kier molecular flexibility index (Phi) is 60.8. The Balaban J connectivity index is 4.47. The standard InChI is InChI=1S/C71H118O6/c1-4-7-10-13-16-19-22-25-28-31-33-35-37-40-43-46-49-52-55-58-61-64-70(73)76-67-68(66-75-69(72)63-60-57-54-51-48-45-42-39-30-27-24-21-18-15-12-9-6-3)77-71(74)65-62-59-56-53-50-47-44-41-38-36-34-32-29-26-23-20-17-14-11-8-5-2/h7,9-10,12,16,18-19,21,25,27-28,30,32-35,42,45,51,54,68H,4-6,8,11,13-15,17,20,22-24,26,29,31,36-41,43-44,46-50,52-53,55-67H2,1-3H3/b10-7-,12-9-,19-16-,21-18-,28-25-,30-27-,34-32-,35-33-,45-42-,54-51-. The Morgan fingerprint density at radius 1 is 0.273 bits per heavy atom. The highest BCUT2D eigenvalue weighted by atomic mass is 16.6. The number of carbonyl (C=O) groups excluding carboxylic acids is 3. The highest BCUT2D eigenvalue weighted by Crippen LogP contribution is 2.15. The zero-order valence-corrected chi connectivity index (χ0v) is 50.2. The van der Waals surface area contributed by atoms with E-state index in [-0.39, 0.29) is 37.5 Å². The van der Waals surface area contributed by atoms with Crippen LogP contribution in [0, 0.1) is 0 Å². The van der Waals surface area contributed by atoms with E-state index in [1.54, 1.807) is 0 Å². The molecule has 0 saturated carbocycles. The zero-order chi connectivity index (χ0) is 55.7. The SMILES string of the molecule is CC/C=C\C/C=C\C/C=C\C/C=C\C/C=C\CCCC(=O)OCC(COC(=O)CCCCCCCCCC/C=C\C/C=C\C/C=C\C/C=C\CC)OC(=O)CCCCCCCCCCC/C=C\CCCCCCCCCC. The molecule has 0 aliphatic heterocycles. The summed E-state index contributed by atoms with van der Waals surface area (Å²) in [5.41, 5.74) is 0. The summed E-state index contributed by atoms with van der Waals surface area (Å²) >= 11 is 0. The lowest BCUT2D eigenvalue weighted by atomic mass is 10.1. The minimum absolute atomic E-state index is 0.103. The van der Waals surface area contributed by atoms with Gasteiger partial charge >= 0.3 is 17.9 Å². The minimum atomic E-state index is -0.810. The lowest BCUT2D eigenvalue weighted by Crippen LogP contribution is -2.30. The Morgan fingerprint density at radius 2 is 0.519 bits per heavy atom. The molecule has 438 valence electrons. The Bertz CT molecular complexity index is 1600. The van der Waals surface area contributed by atoms with Gasteiger partial charge in [-0.25, -0.2) is 0 Å². The fraction of sp³-hybridized carbons (Fsp3) is 0.676. The van der Waals surface area contributed by atoms with E-state index in [2.05, 4.69) is 142 Å². The lowest BCUT2D eigenvalue weighted by Gasteiger charge is -2.18. The molecule has 0 aliphatic rings. The highest BCUT2D eigenvalue weighted by Gasteiger charge is 2.19. The maximum atomic E-state index is 12.9. The van der Waals surface area contributed by atoms with Crippen LogP contribution in [0.15, 0.2) is 122 Å². The van der Waals surface area contributed by atoms with Crippen LogP contribution in [0.4, 0.5) is 0 Å². The van der Waals surface area contributed by atoms with Gasteiger partial charge in [0.05, 0.1) is 0 Å². The van der Waals surface area contributed by atoms with E-state index in [0.29, 0.717) is 19.3 Å². The Hall–Kier alpha value is -4.19. The first-order valence-corrected chi connectivity index (χ1v) is 32.0. The quantitative estimate of drug-likeness (QED) is 0.0261. The van der Waals surface area contributed by atoms with Crippen LogP contribution >= 0.6 is 0 Å². The van der Waals surface area contributed by atoms with Gasteiger partial charge in [-0.05, 0) is 122 Å². The summed E-state index contributed by atoms with van der Waals surface area (Å²) in [6, 6.07) is 0. The van der Waals surface area contributed by atoms with Crippen LogP contribution < -0.4 is 0 Å². The summed E-state index contributed by atoms with van der Waals surface area (Å²) in [5, 5.41) is 0. The fourth-order valence-electron chi connectivity index (χ4n) is 8.70. The van der Waals surface area contributed by atoms with Crippen molar-refractivity contribution >= 4 is 17.9 Å². The van der Waals surface area contributed by atoms with Crippen molar-refractivity contribution in [1.29, 1.82) is 0 Å². The van der Waals surface area contributed by atoms with Gasteiger partial charge in [-0.15, -0.1) is 0 Å². The number of unbranched alkanes of at least 4 members (excludes halogenated alkanes) is 26. The van der Waals surface area contributed by atoms with Gasteiger partial charge in [0, 0.05) is 19.3 Å². The highest BCUT2D eigenvalue weighted by molar-refractivity contribution is 5.71. The van der Waals surface area contributed by atoms with Crippen LogP contribution in [0.2, 0.25) is 0 Å². The van der Waals surface area contributed by atoms with E-state index in [4.69, 9.17) is 14.2 Å².